The minimum absolute atomic E-state index is 0.0437. The van der Waals surface area contributed by atoms with E-state index in [0.29, 0.717) is 5.69 Å². The maximum atomic E-state index is 13.5. The lowest BCUT2D eigenvalue weighted by atomic mass is 9.61. The van der Waals surface area contributed by atoms with Crippen molar-refractivity contribution in [1.82, 2.24) is 14.7 Å². The number of carbonyl (C=O) groups is 1. The van der Waals surface area contributed by atoms with Gasteiger partial charge >= 0.3 is 0 Å². The van der Waals surface area contributed by atoms with E-state index in [1.54, 1.807) is 4.68 Å². The fourth-order valence-corrected chi connectivity index (χ4v) is 7.22. The van der Waals surface area contributed by atoms with Crippen molar-refractivity contribution in [2.75, 3.05) is 24.5 Å². The zero-order valence-corrected chi connectivity index (χ0v) is 19.8. The molecule has 2 aromatic rings. The standard InChI is InChI=1S/C27H36N4O/c1-18-8-9-24-22(14-18)27(17-31(24)26(32)23-15-19(2)29(3)28-23)10-12-30(13-11-27)25-16-20-6-4-5-7-21(20)25/h8-9,14-15,20-21,25H,4-7,10-13,16-17H2,1-3H3. The Kier molecular flexibility index (Phi) is 4.76. The van der Waals surface area contributed by atoms with Gasteiger partial charge in [0, 0.05) is 36.4 Å². The summed E-state index contributed by atoms with van der Waals surface area (Å²) in [5.41, 5.74) is 5.45. The first-order chi connectivity index (χ1) is 15.4. The van der Waals surface area contributed by atoms with Crippen LogP contribution in [-0.2, 0) is 12.5 Å². The predicted molar refractivity (Wildman–Crippen MR) is 127 cm³/mol. The van der Waals surface area contributed by atoms with Crippen molar-refractivity contribution in [1.29, 1.82) is 0 Å². The van der Waals surface area contributed by atoms with Gasteiger partial charge in [0.2, 0.25) is 0 Å². The molecule has 3 unspecified atom stereocenters. The molecule has 2 aliphatic heterocycles. The Morgan fingerprint density at radius 1 is 1.09 bits per heavy atom. The molecule has 3 atom stereocenters. The Labute approximate surface area is 191 Å². The molecule has 4 aliphatic rings. The highest BCUT2D eigenvalue weighted by Gasteiger charge is 2.50. The highest BCUT2D eigenvalue weighted by atomic mass is 16.2. The second kappa shape index (κ2) is 7.44. The molecule has 1 spiro atoms. The van der Waals surface area contributed by atoms with Crippen molar-refractivity contribution in [3.05, 3.63) is 46.8 Å². The molecular weight excluding hydrogens is 396 g/mol. The van der Waals surface area contributed by atoms with Crippen LogP contribution in [0.5, 0.6) is 0 Å². The second-order valence-corrected chi connectivity index (χ2v) is 11.0. The summed E-state index contributed by atoms with van der Waals surface area (Å²) in [5.74, 6) is 2.01. The van der Waals surface area contributed by atoms with Crippen molar-refractivity contribution in [2.45, 2.75) is 70.3 Å². The molecule has 1 saturated heterocycles. The summed E-state index contributed by atoms with van der Waals surface area (Å²) in [4.78, 5) is 18.3. The number of fused-ring (bicyclic) bond motifs is 3. The van der Waals surface area contributed by atoms with E-state index in [1.807, 2.05) is 24.9 Å². The SMILES string of the molecule is Cc1ccc2c(c1)C1(CCN(C3CC4CCCCC43)CC1)CN2C(=O)c1cc(C)n(C)n1. The van der Waals surface area contributed by atoms with E-state index in [2.05, 4.69) is 35.1 Å². The molecule has 170 valence electrons. The number of amides is 1. The Hall–Kier alpha value is -2.14. The van der Waals surface area contributed by atoms with Gasteiger partial charge in [0.25, 0.3) is 5.91 Å². The van der Waals surface area contributed by atoms with Crippen LogP contribution in [0.3, 0.4) is 0 Å². The van der Waals surface area contributed by atoms with E-state index in [1.165, 1.54) is 56.3 Å². The van der Waals surface area contributed by atoms with Crippen LogP contribution in [0.1, 0.15) is 72.3 Å². The third-order valence-corrected chi connectivity index (χ3v) is 9.28. The average molecular weight is 433 g/mol. The molecule has 5 heteroatoms. The number of hydrogen-bond acceptors (Lipinski definition) is 3. The van der Waals surface area contributed by atoms with Crippen molar-refractivity contribution in [3.63, 3.8) is 0 Å². The quantitative estimate of drug-likeness (QED) is 0.696. The zero-order chi connectivity index (χ0) is 22.0. The molecule has 0 N–H and O–H groups in total. The van der Waals surface area contributed by atoms with Gasteiger partial charge < -0.3 is 9.80 Å². The molecule has 0 bridgehead atoms. The van der Waals surface area contributed by atoms with Crippen LogP contribution in [0, 0.1) is 25.7 Å². The average Bonchev–Trinajstić information content (AvgIpc) is 3.27. The van der Waals surface area contributed by atoms with Gasteiger partial charge in [-0.1, -0.05) is 37.0 Å². The molecular formula is C27H36N4O. The van der Waals surface area contributed by atoms with E-state index in [-0.39, 0.29) is 11.3 Å². The van der Waals surface area contributed by atoms with E-state index in [9.17, 15) is 4.79 Å². The first kappa shape index (κ1) is 20.5. The van der Waals surface area contributed by atoms with Crippen molar-refractivity contribution in [2.24, 2.45) is 18.9 Å². The third kappa shape index (κ3) is 3.07. The van der Waals surface area contributed by atoms with Crippen molar-refractivity contribution >= 4 is 11.6 Å². The normalized spacial score (nSPS) is 29.0. The number of rotatable bonds is 2. The predicted octanol–water partition coefficient (Wildman–Crippen LogP) is 4.61. The van der Waals surface area contributed by atoms with Crippen LogP contribution in [-0.4, -0.2) is 46.3 Å². The molecule has 1 amide bonds. The Morgan fingerprint density at radius 2 is 1.88 bits per heavy atom. The van der Waals surface area contributed by atoms with Gasteiger partial charge in [-0.3, -0.25) is 9.48 Å². The molecule has 1 aromatic carbocycles. The highest BCUT2D eigenvalue weighted by Crippen LogP contribution is 2.51. The maximum Gasteiger partial charge on any atom is 0.278 e. The molecule has 5 nitrogen and oxygen atoms in total. The van der Waals surface area contributed by atoms with Crippen LogP contribution < -0.4 is 4.90 Å². The molecule has 3 fully saturated rings. The number of piperidine rings is 1. The monoisotopic (exact) mass is 432 g/mol. The summed E-state index contributed by atoms with van der Waals surface area (Å²) in [5, 5.41) is 4.49. The van der Waals surface area contributed by atoms with Gasteiger partial charge in [-0.2, -0.15) is 5.10 Å². The fourth-order valence-electron chi connectivity index (χ4n) is 7.22. The molecule has 3 heterocycles. The first-order valence-corrected chi connectivity index (χ1v) is 12.6. The van der Waals surface area contributed by atoms with Gasteiger partial charge in [0.15, 0.2) is 5.69 Å². The van der Waals surface area contributed by atoms with Crippen molar-refractivity contribution < 1.29 is 4.79 Å². The summed E-state index contributed by atoms with van der Waals surface area (Å²) in [6.45, 7) is 7.32. The number of carbonyl (C=O) groups excluding carboxylic acids is 1. The number of nitrogens with zero attached hydrogens (tertiary/aromatic N) is 4. The van der Waals surface area contributed by atoms with Gasteiger partial charge in [-0.05, 0) is 82.2 Å². The lowest BCUT2D eigenvalue weighted by Crippen LogP contribution is -2.57. The van der Waals surface area contributed by atoms with E-state index >= 15 is 0 Å². The summed E-state index contributed by atoms with van der Waals surface area (Å²) >= 11 is 0. The number of anilines is 1. The minimum Gasteiger partial charge on any atom is -0.306 e. The number of likely N-dealkylation sites (tertiary alicyclic amines) is 1. The minimum atomic E-state index is 0.0437. The number of hydrogen-bond donors (Lipinski definition) is 0. The van der Waals surface area contributed by atoms with Crippen LogP contribution in [0.4, 0.5) is 5.69 Å². The Morgan fingerprint density at radius 3 is 2.59 bits per heavy atom. The van der Waals surface area contributed by atoms with E-state index in [4.69, 9.17) is 0 Å². The smallest absolute Gasteiger partial charge is 0.278 e. The Bertz CT molecular complexity index is 1030. The van der Waals surface area contributed by atoms with Gasteiger partial charge in [0.05, 0.1) is 0 Å². The molecule has 6 rings (SSSR count). The first-order valence-electron chi connectivity index (χ1n) is 12.6. The Balaban J connectivity index is 1.24. The molecule has 0 radical (unpaired) electrons. The summed E-state index contributed by atoms with van der Waals surface area (Å²) < 4.78 is 1.80. The van der Waals surface area contributed by atoms with Gasteiger partial charge in [-0.15, -0.1) is 0 Å². The molecule has 2 aliphatic carbocycles. The van der Waals surface area contributed by atoms with Crippen LogP contribution in [0.25, 0.3) is 0 Å². The second-order valence-electron chi connectivity index (χ2n) is 11.0. The lowest BCUT2D eigenvalue weighted by molar-refractivity contribution is -0.0381. The third-order valence-electron chi connectivity index (χ3n) is 9.28. The number of benzene rings is 1. The molecule has 32 heavy (non-hydrogen) atoms. The highest BCUT2D eigenvalue weighted by molar-refractivity contribution is 6.06. The fraction of sp³-hybridized carbons (Fsp3) is 0.630. The van der Waals surface area contributed by atoms with Crippen molar-refractivity contribution in [3.8, 4) is 0 Å². The number of aromatic nitrogens is 2. The van der Waals surface area contributed by atoms with Crippen LogP contribution >= 0.6 is 0 Å². The van der Waals surface area contributed by atoms with E-state index < -0.39 is 0 Å². The largest absolute Gasteiger partial charge is 0.306 e. The van der Waals surface area contributed by atoms with Crippen LogP contribution in [0.15, 0.2) is 24.3 Å². The zero-order valence-electron chi connectivity index (χ0n) is 19.8. The summed E-state index contributed by atoms with van der Waals surface area (Å²) in [6.07, 6.45) is 9.54. The molecule has 1 aromatic heterocycles. The summed E-state index contributed by atoms with van der Waals surface area (Å²) in [7, 11) is 1.90. The molecule has 2 saturated carbocycles. The maximum absolute atomic E-state index is 13.5. The van der Waals surface area contributed by atoms with Gasteiger partial charge in [0.1, 0.15) is 0 Å². The van der Waals surface area contributed by atoms with E-state index in [0.717, 1.165) is 48.6 Å². The topological polar surface area (TPSA) is 41.4 Å². The lowest BCUT2D eigenvalue weighted by Gasteiger charge is -2.55. The van der Waals surface area contributed by atoms with Gasteiger partial charge in [-0.25, -0.2) is 0 Å². The van der Waals surface area contributed by atoms with Crippen LogP contribution in [0.2, 0.25) is 0 Å². The number of aryl methyl sites for hydroxylation is 3. The summed E-state index contributed by atoms with van der Waals surface area (Å²) in [6, 6.07) is 9.40.